The molecule has 1 heterocycles. The van der Waals surface area contributed by atoms with Gasteiger partial charge in [0.05, 0.1) is 0 Å². The summed E-state index contributed by atoms with van der Waals surface area (Å²) in [5.74, 6) is -1.51. The first-order valence-corrected chi connectivity index (χ1v) is 5.26. The van der Waals surface area contributed by atoms with Crippen molar-refractivity contribution < 1.29 is 21.6 Å². The molecule has 2 N–H and O–H groups in total. The molecule has 0 aromatic carbocycles. The van der Waals surface area contributed by atoms with Gasteiger partial charge in [-0.05, 0) is 18.6 Å². The van der Waals surface area contributed by atoms with Crippen molar-refractivity contribution in [2.75, 3.05) is 0 Å². The third-order valence-electron chi connectivity index (χ3n) is 1.65. The molecule has 8 heteroatoms. The second-order valence-corrected chi connectivity index (χ2v) is 4.33. The Bertz CT molecular complexity index is 464. The molecule has 0 amide bonds. The summed E-state index contributed by atoms with van der Waals surface area (Å²) in [5, 5.41) is 4.69. The average Bonchev–Trinajstić information content (AvgIpc) is 1.99. The van der Waals surface area contributed by atoms with Crippen LogP contribution >= 0.6 is 0 Å². The molecule has 1 aromatic rings. The van der Waals surface area contributed by atoms with Crippen molar-refractivity contribution in [2.45, 2.75) is 18.2 Å². The highest BCUT2D eigenvalue weighted by Gasteiger charge is 2.22. The Morgan fingerprint density at radius 3 is 2.33 bits per heavy atom. The number of nitrogens with two attached hydrogens (primary N) is 1. The Morgan fingerprint density at radius 1 is 1.47 bits per heavy atom. The van der Waals surface area contributed by atoms with E-state index in [1.54, 1.807) is 0 Å². The van der Waals surface area contributed by atoms with Crippen LogP contribution in [-0.4, -0.2) is 13.4 Å². The zero-order valence-electron chi connectivity index (χ0n) is 7.54. The van der Waals surface area contributed by atoms with E-state index in [-0.39, 0.29) is 5.56 Å². The fourth-order valence-electron chi connectivity index (χ4n) is 1.10. The number of aromatic nitrogens is 1. The maximum absolute atomic E-state index is 13.1. The van der Waals surface area contributed by atoms with Crippen LogP contribution in [0.1, 0.15) is 17.7 Å². The minimum atomic E-state index is -4.29. The number of hydrogen-bond donors (Lipinski definition) is 1. The summed E-state index contributed by atoms with van der Waals surface area (Å²) in [6, 6.07) is 0.785. The lowest BCUT2D eigenvalue weighted by atomic mass is 10.2. The summed E-state index contributed by atoms with van der Waals surface area (Å²) in [6.45, 7) is 1.16. The van der Waals surface area contributed by atoms with Crippen molar-refractivity contribution in [1.82, 2.24) is 4.98 Å². The van der Waals surface area contributed by atoms with Crippen LogP contribution in [-0.2, 0) is 10.0 Å². The summed E-state index contributed by atoms with van der Waals surface area (Å²) in [7, 11) is -4.29. The summed E-state index contributed by atoms with van der Waals surface area (Å²) in [4.78, 5) is 1.97. The van der Waals surface area contributed by atoms with E-state index in [0.717, 1.165) is 13.0 Å². The van der Waals surface area contributed by atoms with E-state index in [1.165, 1.54) is 0 Å². The van der Waals surface area contributed by atoms with Gasteiger partial charge < -0.3 is 0 Å². The molecule has 15 heavy (non-hydrogen) atoms. The van der Waals surface area contributed by atoms with Gasteiger partial charge >= 0.3 is 0 Å². The van der Waals surface area contributed by atoms with Crippen molar-refractivity contribution in [3.05, 3.63) is 23.3 Å². The molecule has 1 rings (SSSR count). The molecule has 0 saturated heterocycles. The quantitative estimate of drug-likeness (QED) is 0.787. The summed E-state index contributed by atoms with van der Waals surface area (Å²) >= 11 is 0. The lowest BCUT2D eigenvalue weighted by Gasteiger charge is -2.06. The Balaban J connectivity index is 3.48. The second-order valence-electron chi connectivity index (χ2n) is 2.83. The third-order valence-corrected chi connectivity index (χ3v) is 2.70. The predicted octanol–water partition coefficient (Wildman–Crippen LogP) is 1.11. The SMILES string of the molecule is Cc1cc(C(F)F)nc(F)c1S(N)(=O)=O. The van der Waals surface area contributed by atoms with Gasteiger partial charge in [-0.25, -0.2) is 27.3 Å². The average molecular weight is 240 g/mol. The topological polar surface area (TPSA) is 73.0 Å². The molecular formula is C7H7F3N2O2S. The normalized spacial score (nSPS) is 12.1. The van der Waals surface area contributed by atoms with Crippen LogP contribution in [0.15, 0.2) is 11.0 Å². The number of nitrogens with zero attached hydrogens (tertiary/aromatic N) is 1. The number of halogens is 3. The Morgan fingerprint density at radius 2 is 2.00 bits per heavy atom. The van der Waals surface area contributed by atoms with Gasteiger partial charge in [0.25, 0.3) is 6.43 Å². The molecule has 0 radical (unpaired) electrons. The summed E-state index contributed by atoms with van der Waals surface area (Å²) in [5.41, 5.74) is -1.02. The van der Waals surface area contributed by atoms with E-state index < -0.39 is 33.0 Å². The maximum Gasteiger partial charge on any atom is 0.280 e. The van der Waals surface area contributed by atoms with Crippen LogP contribution in [0, 0.1) is 12.9 Å². The largest absolute Gasteiger partial charge is 0.280 e. The fourth-order valence-corrected chi connectivity index (χ4v) is 1.89. The zero-order valence-corrected chi connectivity index (χ0v) is 8.35. The molecule has 0 aliphatic heterocycles. The van der Waals surface area contributed by atoms with Gasteiger partial charge in [-0.2, -0.15) is 4.39 Å². The van der Waals surface area contributed by atoms with Crippen LogP contribution < -0.4 is 5.14 Å². The molecule has 0 atom stereocenters. The molecule has 0 aliphatic carbocycles. The minimum absolute atomic E-state index is 0.194. The van der Waals surface area contributed by atoms with Gasteiger partial charge in [-0.3, -0.25) is 0 Å². The van der Waals surface area contributed by atoms with E-state index in [9.17, 15) is 21.6 Å². The van der Waals surface area contributed by atoms with Crippen molar-refractivity contribution in [3.63, 3.8) is 0 Å². The molecule has 0 unspecified atom stereocenters. The van der Waals surface area contributed by atoms with Gasteiger partial charge in [0.15, 0.2) is 0 Å². The van der Waals surface area contributed by atoms with Gasteiger partial charge in [0.2, 0.25) is 16.0 Å². The number of hydrogen-bond acceptors (Lipinski definition) is 3. The molecule has 84 valence electrons. The predicted molar refractivity (Wildman–Crippen MR) is 45.3 cm³/mol. The molecular weight excluding hydrogens is 233 g/mol. The van der Waals surface area contributed by atoms with Crippen molar-refractivity contribution >= 4 is 10.0 Å². The summed E-state index contributed by atoms with van der Waals surface area (Å²) in [6.07, 6.45) is -2.97. The second kappa shape index (κ2) is 3.78. The molecule has 0 fully saturated rings. The van der Waals surface area contributed by atoms with Crippen molar-refractivity contribution in [1.29, 1.82) is 0 Å². The van der Waals surface area contributed by atoms with Crippen molar-refractivity contribution in [2.24, 2.45) is 5.14 Å². The molecule has 1 aromatic heterocycles. The van der Waals surface area contributed by atoms with Crippen LogP contribution in [0.2, 0.25) is 0 Å². The van der Waals surface area contributed by atoms with Gasteiger partial charge in [-0.1, -0.05) is 0 Å². The zero-order chi connectivity index (χ0) is 11.8. The van der Waals surface area contributed by atoms with Crippen LogP contribution in [0.25, 0.3) is 0 Å². The van der Waals surface area contributed by atoms with E-state index in [0.29, 0.717) is 0 Å². The maximum atomic E-state index is 13.1. The number of alkyl halides is 2. The fraction of sp³-hybridized carbons (Fsp3) is 0.286. The highest BCUT2D eigenvalue weighted by molar-refractivity contribution is 7.89. The third kappa shape index (κ3) is 2.45. The Labute approximate surface area is 84.0 Å². The van der Waals surface area contributed by atoms with Gasteiger partial charge in [0.1, 0.15) is 10.6 Å². The standard InChI is InChI=1S/C7H7F3N2O2S/c1-3-2-4(6(8)9)12-7(10)5(3)15(11,13)14/h2,6H,1H3,(H2,11,13,14). The first-order valence-electron chi connectivity index (χ1n) is 3.71. The Kier molecular flexibility index (Phi) is 3.00. The number of rotatable bonds is 2. The van der Waals surface area contributed by atoms with Crippen LogP contribution in [0.5, 0.6) is 0 Å². The van der Waals surface area contributed by atoms with Crippen LogP contribution in [0.3, 0.4) is 0 Å². The lowest BCUT2D eigenvalue weighted by molar-refractivity contribution is 0.144. The molecule has 0 spiro atoms. The van der Waals surface area contributed by atoms with Gasteiger partial charge in [0, 0.05) is 0 Å². The number of aryl methyl sites for hydroxylation is 1. The number of pyridine rings is 1. The monoisotopic (exact) mass is 240 g/mol. The number of primary sulfonamides is 1. The molecule has 0 saturated carbocycles. The first-order chi connectivity index (χ1) is 6.73. The minimum Gasteiger partial charge on any atom is -0.224 e. The Hall–Kier alpha value is -1.15. The number of sulfonamides is 1. The van der Waals surface area contributed by atoms with E-state index in [2.05, 4.69) is 10.1 Å². The highest BCUT2D eigenvalue weighted by Crippen LogP contribution is 2.23. The van der Waals surface area contributed by atoms with Crippen molar-refractivity contribution in [3.8, 4) is 0 Å². The first kappa shape index (κ1) is 11.9. The van der Waals surface area contributed by atoms with Crippen LogP contribution in [0.4, 0.5) is 13.2 Å². The van der Waals surface area contributed by atoms with E-state index >= 15 is 0 Å². The lowest BCUT2D eigenvalue weighted by Crippen LogP contribution is -2.17. The molecule has 0 bridgehead atoms. The van der Waals surface area contributed by atoms with Gasteiger partial charge in [-0.15, -0.1) is 0 Å². The molecule has 4 nitrogen and oxygen atoms in total. The van der Waals surface area contributed by atoms with E-state index in [1.807, 2.05) is 0 Å². The molecule has 0 aliphatic rings. The summed E-state index contributed by atoms with van der Waals surface area (Å²) < 4.78 is 59.1. The van der Waals surface area contributed by atoms with E-state index in [4.69, 9.17) is 0 Å². The highest BCUT2D eigenvalue weighted by atomic mass is 32.2. The smallest absolute Gasteiger partial charge is 0.224 e.